The third-order valence-corrected chi connectivity index (χ3v) is 10.7. The zero-order valence-electron chi connectivity index (χ0n) is 31.4. The lowest BCUT2D eigenvalue weighted by Crippen LogP contribution is -2.45. The molecule has 0 spiro atoms. The van der Waals surface area contributed by atoms with Gasteiger partial charge in [-0.05, 0) is 74.7 Å². The monoisotopic (exact) mass is 820 g/mol. The van der Waals surface area contributed by atoms with E-state index in [0.717, 1.165) is 37.3 Å². The number of rotatable bonds is 11. The number of hydrogen-bond acceptors (Lipinski definition) is 10. The molecule has 1 aliphatic carbocycles. The SMILES string of the molecule is C[C@@H]1CN(c2ccc3c(=O)n(-c4ccc(Cl)c5c(NS(C)(=O)=O)nn(C)c45)c([C@H](Cc4cc(F)cc(F)c4)NC(=O)Cc4ccn(C5CC5)n4)nc3n2)C[C@H](C)O1. The average molecular weight is 821 g/mol. The van der Waals surface area contributed by atoms with Crippen LogP contribution in [0.4, 0.5) is 20.4 Å². The van der Waals surface area contributed by atoms with Crippen LogP contribution in [0.1, 0.15) is 55.9 Å². The third-order valence-electron chi connectivity index (χ3n) is 9.86. The van der Waals surface area contributed by atoms with Crippen molar-refractivity contribution in [1.82, 2.24) is 39.4 Å². The number of benzene rings is 2. The zero-order chi connectivity index (χ0) is 40.3. The van der Waals surface area contributed by atoms with Gasteiger partial charge in [-0.1, -0.05) is 11.6 Å². The van der Waals surface area contributed by atoms with Crippen LogP contribution in [0.25, 0.3) is 27.6 Å². The number of carbonyl (C=O) groups is 1. The van der Waals surface area contributed by atoms with Crippen LogP contribution >= 0.6 is 11.6 Å². The van der Waals surface area contributed by atoms with Crippen LogP contribution in [0.3, 0.4) is 0 Å². The molecule has 4 aromatic heterocycles. The van der Waals surface area contributed by atoms with Crippen molar-refractivity contribution in [1.29, 1.82) is 0 Å². The minimum absolute atomic E-state index is 0.0233. The molecule has 1 saturated heterocycles. The first-order chi connectivity index (χ1) is 27.1. The number of aryl methyl sites for hydroxylation is 1. The number of nitrogens with one attached hydrogen (secondary N) is 2. The molecule has 5 heterocycles. The van der Waals surface area contributed by atoms with E-state index in [4.69, 9.17) is 26.3 Å². The van der Waals surface area contributed by atoms with Gasteiger partial charge in [0.15, 0.2) is 11.5 Å². The Hall–Kier alpha value is -5.46. The highest BCUT2D eigenvalue weighted by Crippen LogP contribution is 2.36. The van der Waals surface area contributed by atoms with E-state index in [9.17, 15) is 26.8 Å². The fourth-order valence-corrected chi connectivity index (χ4v) is 8.20. The number of amides is 1. The molecule has 0 radical (unpaired) electrons. The third kappa shape index (κ3) is 8.06. The van der Waals surface area contributed by atoms with Gasteiger partial charge in [0.05, 0.1) is 69.7 Å². The molecule has 0 bridgehead atoms. The van der Waals surface area contributed by atoms with Crippen LogP contribution in [-0.2, 0) is 39.4 Å². The summed E-state index contributed by atoms with van der Waals surface area (Å²) >= 11 is 6.67. The molecule has 2 N–H and O–H groups in total. The van der Waals surface area contributed by atoms with E-state index in [2.05, 4.69) is 20.2 Å². The van der Waals surface area contributed by atoms with Crippen LogP contribution in [0.5, 0.6) is 0 Å². The molecule has 2 fully saturated rings. The Kier molecular flexibility index (Phi) is 9.98. The van der Waals surface area contributed by atoms with E-state index in [-0.39, 0.29) is 74.9 Å². The van der Waals surface area contributed by atoms with Crippen molar-refractivity contribution >= 4 is 61.1 Å². The maximum absolute atomic E-state index is 15.0. The lowest BCUT2D eigenvalue weighted by atomic mass is 10.0. The number of hydrogen-bond donors (Lipinski definition) is 2. The molecule has 57 heavy (non-hydrogen) atoms. The molecular formula is C38H39ClF2N10O5S. The number of pyridine rings is 1. The molecule has 8 rings (SSSR count). The standard InChI is InChI=1S/C38H39ClF2N10O5S/c1-20-18-49(19-21(2)56-20)31-10-7-27-35(43-31)44-37(51(38(27)53)30-9-8-28(39)33-34(30)48(3)46-36(33)47-57(4,54)55)29(15-22-13-23(40)16-24(41)14-22)42-32(52)17-25-11-12-50(45-25)26-5-6-26/h7-14,16,20-21,26,29H,5-6,15,17-19H2,1-4H3,(H,42,52)(H,46,47)/t20-,21+,29-/m0/s1. The van der Waals surface area contributed by atoms with Gasteiger partial charge < -0.3 is 15.0 Å². The summed E-state index contributed by atoms with van der Waals surface area (Å²) in [6.45, 7) is 5.00. The highest BCUT2D eigenvalue weighted by Gasteiger charge is 2.30. The summed E-state index contributed by atoms with van der Waals surface area (Å²) in [4.78, 5) is 40.7. The van der Waals surface area contributed by atoms with Gasteiger partial charge in [0.25, 0.3) is 5.56 Å². The summed E-state index contributed by atoms with van der Waals surface area (Å²) < 4.78 is 66.8. The average Bonchev–Trinajstić information content (AvgIpc) is 3.78. The van der Waals surface area contributed by atoms with Gasteiger partial charge in [0, 0.05) is 38.8 Å². The summed E-state index contributed by atoms with van der Waals surface area (Å²) in [5.41, 5.74) is 0.612. The maximum Gasteiger partial charge on any atom is 0.267 e. The van der Waals surface area contributed by atoms with E-state index < -0.39 is 39.2 Å². The number of carbonyl (C=O) groups excluding carboxylic acids is 1. The molecule has 1 amide bonds. The molecular weight excluding hydrogens is 782 g/mol. The predicted octanol–water partition coefficient (Wildman–Crippen LogP) is 4.76. The van der Waals surface area contributed by atoms with Crippen molar-refractivity contribution in [3.63, 3.8) is 0 Å². The lowest BCUT2D eigenvalue weighted by molar-refractivity contribution is -0.121. The van der Waals surface area contributed by atoms with Gasteiger partial charge >= 0.3 is 0 Å². The van der Waals surface area contributed by atoms with Crippen molar-refractivity contribution in [2.75, 3.05) is 29.0 Å². The van der Waals surface area contributed by atoms with Crippen molar-refractivity contribution < 1.29 is 26.7 Å². The van der Waals surface area contributed by atoms with E-state index in [1.54, 1.807) is 31.3 Å². The summed E-state index contributed by atoms with van der Waals surface area (Å²) in [7, 11) is -2.25. The second-order valence-electron chi connectivity index (χ2n) is 14.7. The predicted molar refractivity (Wildman–Crippen MR) is 210 cm³/mol. The number of aromatic nitrogens is 7. The molecule has 0 unspecified atom stereocenters. The Labute approximate surface area is 330 Å². The Morgan fingerprint density at radius 1 is 1.02 bits per heavy atom. The summed E-state index contributed by atoms with van der Waals surface area (Å²) in [6, 6.07) is 10.3. The first kappa shape index (κ1) is 38.4. The maximum atomic E-state index is 15.0. The molecule has 1 aliphatic heterocycles. The number of sulfonamides is 1. The molecule has 15 nitrogen and oxygen atoms in total. The van der Waals surface area contributed by atoms with Gasteiger partial charge in [0.1, 0.15) is 23.3 Å². The molecule has 6 aromatic rings. The Morgan fingerprint density at radius 2 is 1.74 bits per heavy atom. The van der Waals surface area contributed by atoms with Gasteiger partial charge in [-0.2, -0.15) is 10.2 Å². The Balaban J connectivity index is 1.33. The minimum atomic E-state index is -3.81. The first-order valence-electron chi connectivity index (χ1n) is 18.4. The van der Waals surface area contributed by atoms with Crippen LogP contribution < -0.4 is 20.5 Å². The zero-order valence-corrected chi connectivity index (χ0v) is 33.0. The van der Waals surface area contributed by atoms with E-state index in [0.29, 0.717) is 30.6 Å². The van der Waals surface area contributed by atoms with E-state index in [1.165, 1.54) is 15.3 Å². The van der Waals surface area contributed by atoms with Crippen LogP contribution in [-0.4, -0.2) is 80.0 Å². The second-order valence-corrected chi connectivity index (χ2v) is 16.9. The summed E-state index contributed by atoms with van der Waals surface area (Å²) in [5.74, 6) is -1.69. The van der Waals surface area contributed by atoms with E-state index >= 15 is 0 Å². The number of morpholine rings is 1. The number of nitrogens with zero attached hydrogens (tertiary/aromatic N) is 8. The largest absolute Gasteiger partial charge is 0.372 e. The molecule has 2 aromatic carbocycles. The van der Waals surface area contributed by atoms with E-state index in [1.807, 2.05) is 29.6 Å². The van der Waals surface area contributed by atoms with Gasteiger partial charge in [0.2, 0.25) is 15.9 Å². The lowest BCUT2D eigenvalue weighted by Gasteiger charge is -2.36. The quantitative estimate of drug-likeness (QED) is 0.186. The van der Waals surface area contributed by atoms with Gasteiger partial charge in [-0.3, -0.25) is 28.2 Å². The van der Waals surface area contributed by atoms with Crippen molar-refractivity contribution in [3.8, 4) is 5.69 Å². The number of anilines is 2. The summed E-state index contributed by atoms with van der Waals surface area (Å²) in [5, 5.41) is 12.4. The van der Waals surface area contributed by atoms with Gasteiger partial charge in [-0.15, -0.1) is 0 Å². The Bertz CT molecular complexity index is 2700. The number of halogens is 3. The topological polar surface area (TPSA) is 171 Å². The Morgan fingerprint density at radius 3 is 2.42 bits per heavy atom. The molecule has 1 saturated carbocycles. The van der Waals surface area contributed by atoms with Crippen molar-refractivity contribution in [2.24, 2.45) is 7.05 Å². The van der Waals surface area contributed by atoms with Crippen LogP contribution in [0, 0.1) is 11.6 Å². The first-order valence-corrected chi connectivity index (χ1v) is 20.6. The molecule has 298 valence electrons. The molecule has 3 atom stereocenters. The highest BCUT2D eigenvalue weighted by atomic mass is 35.5. The normalized spacial score (nSPS) is 18.0. The fraction of sp³-hybridized carbons (Fsp3) is 0.368. The van der Waals surface area contributed by atoms with Gasteiger partial charge in [-0.25, -0.2) is 27.2 Å². The van der Waals surface area contributed by atoms with Crippen LogP contribution in [0.15, 0.2) is 59.5 Å². The number of ether oxygens (including phenoxy) is 1. The second kappa shape index (κ2) is 14.8. The molecule has 19 heteroatoms. The summed E-state index contributed by atoms with van der Waals surface area (Å²) in [6.07, 6.45) is 4.30. The number of fused-ring (bicyclic) bond motifs is 2. The van der Waals surface area contributed by atoms with Crippen LogP contribution in [0.2, 0.25) is 5.02 Å². The smallest absolute Gasteiger partial charge is 0.267 e. The fourth-order valence-electron chi connectivity index (χ4n) is 7.46. The molecule has 2 aliphatic rings. The highest BCUT2D eigenvalue weighted by molar-refractivity contribution is 7.92. The van der Waals surface area contributed by atoms with Crippen molar-refractivity contribution in [2.45, 2.75) is 63.8 Å². The van der Waals surface area contributed by atoms with Crippen molar-refractivity contribution in [3.05, 3.63) is 98.8 Å². The minimum Gasteiger partial charge on any atom is -0.372 e.